The largest absolute Gasteiger partial charge is 0.493 e. The van der Waals surface area contributed by atoms with Crippen molar-refractivity contribution in [2.24, 2.45) is 17.3 Å². The first-order chi connectivity index (χ1) is 10.3. The molecule has 1 fully saturated rings. The molecule has 0 aromatic heterocycles. The standard InChI is InChI=1S/C16H21NO5/c1-16(2)12(13(16)15(19)20)14(18)17-8-9-5-6-10(21-3)11(7-9)22-4/h5-7,12-13H,8H2,1-4H3,(H,17,18)(H,19,20)/t12-,13+/m0/s1. The summed E-state index contributed by atoms with van der Waals surface area (Å²) in [5.41, 5.74) is 0.365. The Hall–Kier alpha value is -2.24. The van der Waals surface area contributed by atoms with E-state index in [1.165, 1.54) is 0 Å². The Kier molecular flexibility index (Phi) is 4.30. The first-order valence-corrected chi connectivity index (χ1v) is 7.04. The van der Waals surface area contributed by atoms with E-state index in [4.69, 9.17) is 14.6 Å². The predicted octanol–water partition coefficient (Wildman–Crippen LogP) is 1.68. The van der Waals surface area contributed by atoms with E-state index in [0.717, 1.165) is 5.56 Å². The molecule has 0 aliphatic heterocycles. The van der Waals surface area contributed by atoms with Crippen molar-refractivity contribution in [1.29, 1.82) is 0 Å². The summed E-state index contributed by atoms with van der Waals surface area (Å²) >= 11 is 0. The van der Waals surface area contributed by atoms with Crippen molar-refractivity contribution in [2.45, 2.75) is 20.4 Å². The molecule has 0 heterocycles. The van der Waals surface area contributed by atoms with Crippen LogP contribution >= 0.6 is 0 Å². The number of carbonyl (C=O) groups excluding carboxylic acids is 1. The lowest BCUT2D eigenvalue weighted by Gasteiger charge is -2.10. The number of amides is 1. The molecule has 1 amide bonds. The van der Waals surface area contributed by atoms with Crippen LogP contribution in [0.4, 0.5) is 0 Å². The quantitative estimate of drug-likeness (QED) is 0.835. The minimum atomic E-state index is -0.920. The molecule has 1 aromatic rings. The van der Waals surface area contributed by atoms with Crippen LogP contribution in [0.5, 0.6) is 11.5 Å². The number of nitrogens with one attached hydrogen (secondary N) is 1. The second kappa shape index (κ2) is 5.87. The van der Waals surface area contributed by atoms with Crippen LogP contribution in [0, 0.1) is 17.3 Å². The molecule has 120 valence electrons. The van der Waals surface area contributed by atoms with Gasteiger partial charge in [-0.05, 0) is 23.1 Å². The zero-order valence-corrected chi connectivity index (χ0v) is 13.2. The second-order valence-electron chi connectivity index (χ2n) is 6.02. The van der Waals surface area contributed by atoms with Gasteiger partial charge in [-0.15, -0.1) is 0 Å². The molecule has 1 aromatic carbocycles. The number of methoxy groups -OCH3 is 2. The van der Waals surface area contributed by atoms with E-state index in [9.17, 15) is 9.59 Å². The summed E-state index contributed by atoms with van der Waals surface area (Å²) < 4.78 is 10.4. The Morgan fingerprint density at radius 2 is 1.82 bits per heavy atom. The predicted molar refractivity (Wildman–Crippen MR) is 79.8 cm³/mol. The summed E-state index contributed by atoms with van der Waals surface area (Å²) in [6, 6.07) is 5.38. The lowest BCUT2D eigenvalue weighted by atomic mass is 10.1. The topological polar surface area (TPSA) is 84.9 Å². The Bertz CT molecular complexity index is 596. The molecule has 1 saturated carbocycles. The molecule has 0 radical (unpaired) electrons. The summed E-state index contributed by atoms with van der Waals surface area (Å²) in [6.07, 6.45) is 0. The molecule has 6 nitrogen and oxygen atoms in total. The van der Waals surface area contributed by atoms with E-state index < -0.39 is 23.2 Å². The van der Waals surface area contributed by atoms with Crippen LogP contribution in [0.3, 0.4) is 0 Å². The molecule has 0 unspecified atom stereocenters. The van der Waals surface area contributed by atoms with E-state index in [1.807, 2.05) is 6.07 Å². The third-order valence-electron chi connectivity index (χ3n) is 4.29. The Balaban J connectivity index is 1.99. The molecule has 2 rings (SSSR count). The first kappa shape index (κ1) is 16.1. The van der Waals surface area contributed by atoms with Gasteiger partial charge in [-0.1, -0.05) is 19.9 Å². The SMILES string of the molecule is COc1ccc(CNC(=O)[C@@H]2[C@H](C(=O)O)C2(C)C)cc1OC. The molecule has 2 atom stereocenters. The smallest absolute Gasteiger partial charge is 0.307 e. The zero-order valence-electron chi connectivity index (χ0n) is 13.2. The van der Waals surface area contributed by atoms with Crippen molar-refractivity contribution in [3.05, 3.63) is 23.8 Å². The maximum Gasteiger partial charge on any atom is 0.307 e. The highest BCUT2D eigenvalue weighted by Gasteiger charge is 2.65. The summed E-state index contributed by atoms with van der Waals surface area (Å²) in [7, 11) is 3.10. The monoisotopic (exact) mass is 307 g/mol. The molecule has 22 heavy (non-hydrogen) atoms. The molecule has 0 bridgehead atoms. The zero-order chi connectivity index (χ0) is 16.5. The fourth-order valence-electron chi connectivity index (χ4n) is 2.88. The van der Waals surface area contributed by atoms with Crippen LogP contribution in [0.2, 0.25) is 0 Å². The summed E-state index contributed by atoms with van der Waals surface area (Å²) in [4.78, 5) is 23.3. The van der Waals surface area contributed by atoms with Gasteiger partial charge in [0.2, 0.25) is 5.91 Å². The third-order valence-corrected chi connectivity index (χ3v) is 4.29. The average molecular weight is 307 g/mol. The van der Waals surface area contributed by atoms with Gasteiger partial charge in [0, 0.05) is 6.54 Å². The highest BCUT2D eigenvalue weighted by Crippen LogP contribution is 2.58. The third kappa shape index (κ3) is 2.86. The molecule has 0 saturated heterocycles. The maximum absolute atomic E-state index is 12.2. The van der Waals surface area contributed by atoms with E-state index in [0.29, 0.717) is 18.0 Å². The lowest BCUT2D eigenvalue weighted by molar-refractivity contribution is -0.140. The number of rotatable bonds is 6. The second-order valence-corrected chi connectivity index (χ2v) is 6.02. The number of carbonyl (C=O) groups is 2. The molecular formula is C16H21NO5. The van der Waals surface area contributed by atoms with Gasteiger partial charge < -0.3 is 19.9 Å². The Morgan fingerprint density at radius 3 is 2.32 bits per heavy atom. The number of aliphatic carboxylic acids is 1. The fourth-order valence-corrected chi connectivity index (χ4v) is 2.88. The fraction of sp³-hybridized carbons (Fsp3) is 0.500. The van der Waals surface area contributed by atoms with Gasteiger partial charge >= 0.3 is 5.97 Å². The van der Waals surface area contributed by atoms with Gasteiger partial charge in [-0.25, -0.2) is 0 Å². The number of ether oxygens (including phenoxy) is 2. The van der Waals surface area contributed by atoms with E-state index in [-0.39, 0.29) is 5.91 Å². The Morgan fingerprint density at radius 1 is 1.18 bits per heavy atom. The average Bonchev–Trinajstić information content (AvgIpc) is 3.07. The van der Waals surface area contributed by atoms with Crippen molar-refractivity contribution in [2.75, 3.05) is 14.2 Å². The summed E-state index contributed by atoms with van der Waals surface area (Å²) in [5.74, 6) is -1.04. The van der Waals surface area contributed by atoms with E-state index in [1.54, 1.807) is 40.2 Å². The molecule has 2 N–H and O–H groups in total. The van der Waals surface area contributed by atoms with Crippen molar-refractivity contribution in [3.63, 3.8) is 0 Å². The van der Waals surface area contributed by atoms with Gasteiger partial charge in [0.15, 0.2) is 11.5 Å². The number of carboxylic acids is 1. The normalized spacial score (nSPS) is 21.8. The van der Waals surface area contributed by atoms with Crippen molar-refractivity contribution < 1.29 is 24.2 Å². The molecule has 1 aliphatic carbocycles. The van der Waals surface area contributed by atoms with Gasteiger partial charge in [0.1, 0.15) is 0 Å². The van der Waals surface area contributed by atoms with Crippen molar-refractivity contribution in [1.82, 2.24) is 5.32 Å². The van der Waals surface area contributed by atoms with E-state index in [2.05, 4.69) is 5.32 Å². The molecule has 0 spiro atoms. The van der Waals surface area contributed by atoms with Crippen LogP contribution in [0.1, 0.15) is 19.4 Å². The maximum atomic E-state index is 12.2. The van der Waals surface area contributed by atoms with Crippen LogP contribution in [0.15, 0.2) is 18.2 Å². The number of benzene rings is 1. The van der Waals surface area contributed by atoms with Crippen LogP contribution in [-0.4, -0.2) is 31.2 Å². The van der Waals surface area contributed by atoms with Crippen LogP contribution in [-0.2, 0) is 16.1 Å². The van der Waals surface area contributed by atoms with Gasteiger partial charge in [0.05, 0.1) is 26.1 Å². The van der Waals surface area contributed by atoms with Gasteiger partial charge in [-0.2, -0.15) is 0 Å². The summed E-state index contributed by atoms with van der Waals surface area (Å²) in [5, 5.41) is 11.9. The highest BCUT2D eigenvalue weighted by atomic mass is 16.5. The van der Waals surface area contributed by atoms with E-state index >= 15 is 0 Å². The van der Waals surface area contributed by atoms with Crippen molar-refractivity contribution in [3.8, 4) is 11.5 Å². The van der Waals surface area contributed by atoms with Crippen molar-refractivity contribution >= 4 is 11.9 Å². The minimum Gasteiger partial charge on any atom is -0.493 e. The van der Waals surface area contributed by atoms with Crippen LogP contribution in [0.25, 0.3) is 0 Å². The number of hydrogen-bond acceptors (Lipinski definition) is 4. The highest BCUT2D eigenvalue weighted by molar-refractivity contribution is 5.91. The number of carboxylic acid groups (broad SMARTS) is 1. The lowest BCUT2D eigenvalue weighted by Crippen LogP contribution is -2.26. The molecule has 1 aliphatic rings. The van der Waals surface area contributed by atoms with Gasteiger partial charge in [-0.3, -0.25) is 9.59 Å². The van der Waals surface area contributed by atoms with Gasteiger partial charge in [0.25, 0.3) is 0 Å². The Labute approximate surface area is 129 Å². The summed E-state index contributed by atoms with van der Waals surface area (Å²) in [6.45, 7) is 3.91. The molecular weight excluding hydrogens is 286 g/mol. The number of hydrogen-bond donors (Lipinski definition) is 2. The minimum absolute atomic E-state index is 0.229. The first-order valence-electron chi connectivity index (χ1n) is 7.04. The molecule has 6 heteroatoms. The van der Waals surface area contributed by atoms with Crippen LogP contribution < -0.4 is 14.8 Å².